The average Bonchev–Trinajstić information content (AvgIpc) is 3.07. The molecule has 178 valence electrons. The van der Waals surface area contributed by atoms with Crippen LogP contribution in [0.4, 0.5) is 11.4 Å². The molecule has 3 heterocycles. The molecule has 1 fully saturated rings. The van der Waals surface area contributed by atoms with Crippen LogP contribution in [0.1, 0.15) is 40.0 Å². The Kier molecular flexibility index (Phi) is 4.76. The fourth-order valence-corrected chi connectivity index (χ4v) is 7.45. The standard InChI is InChI=1S/C26H24N4O4S/c1-28-21-12-9-16(15-22(21)29(2)26(28)33)30-24(31)18-8-6-7-17-20(11-10-19(23(17)18)25(30)32)27-35(34)13-4-3-5-14-35/h6-12,15H,3-5,13-14H2,1-2H3. The van der Waals surface area contributed by atoms with Crippen molar-refractivity contribution < 1.29 is 13.8 Å². The van der Waals surface area contributed by atoms with Crippen molar-refractivity contribution in [3.05, 3.63) is 70.1 Å². The van der Waals surface area contributed by atoms with Crippen LogP contribution >= 0.6 is 0 Å². The van der Waals surface area contributed by atoms with Gasteiger partial charge in [-0.05, 0) is 49.2 Å². The van der Waals surface area contributed by atoms with Crippen molar-refractivity contribution in [3.63, 3.8) is 0 Å². The number of carbonyl (C=O) groups excluding carboxylic acids is 2. The Morgan fingerprint density at radius 2 is 1.49 bits per heavy atom. The minimum atomic E-state index is -2.34. The van der Waals surface area contributed by atoms with Gasteiger partial charge in [0.05, 0.1) is 32.1 Å². The Morgan fingerprint density at radius 3 is 2.23 bits per heavy atom. The highest BCUT2D eigenvalue weighted by molar-refractivity contribution is 7.93. The number of aromatic nitrogens is 2. The first-order chi connectivity index (χ1) is 16.8. The number of carbonyl (C=O) groups is 2. The van der Waals surface area contributed by atoms with Crippen LogP contribution in [-0.4, -0.2) is 36.7 Å². The summed E-state index contributed by atoms with van der Waals surface area (Å²) in [5.74, 6) is 0.276. The molecule has 35 heavy (non-hydrogen) atoms. The highest BCUT2D eigenvalue weighted by Gasteiger charge is 2.35. The molecule has 2 aliphatic rings. The Bertz CT molecular complexity index is 1740. The van der Waals surface area contributed by atoms with Gasteiger partial charge in [-0.1, -0.05) is 18.6 Å². The third kappa shape index (κ3) is 3.18. The second-order valence-corrected chi connectivity index (χ2v) is 11.8. The normalized spacial score (nSPS) is 17.4. The molecule has 0 radical (unpaired) electrons. The monoisotopic (exact) mass is 488 g/mol. The minimum Gasteiger partial charge on any atom is -0.295 e. The van der Waals surface area contributed by atoms with Gasteiger partial charge in [0.2, 0.25) is 0 Å². The molecule has 6 rings (SSSR count). The van der Waals surface area contributed by atoms with Gasteiger partial charge in [0.15, 0.2) is 0 Å². The summed E-state index contributed by atoms with van der Waals surface area (Å²) in [6.45, 7) is 0. The van der Waals surface area contributed by atoms with Crippen LogP contribution in [0, 0.1) is 0 Å². The average molecular weight is 489 g/mol. The quantitative estimate of drug-likeness (QED) is 0.397. The zero-order valence-electron chi connectivity index (χ0n) is 19.5. The summed E-state index contributed by atoms with van der Waals surface area (Å²) in [7, 11) is 1.00. The first kappa shape index (κ1) is 21.8. The van der Waals surface area contributed by atoms with Crippen LogP contribution in [0.15, 0.2) is 57.7 Å². The highest BCUT2D eigenvalue weighted by Crippen LogP contribution is 2.38. The number of imidazole rings is 1. The molecule has 2 amide bonds. The van der Waals surface area contributed by atoms with E-state index in [0.29, 0.717) is 55.8 Å². The van der Waals surface area contributed by atoms with Gasteiger partial charge in [0.1, 0.15) is 0 Å². The third-order valence-electron chi connectivity index (χ3n) is 7.09. The van der Waals surface area contributed by atoms with Crippen LogP contribution in [-0.2, 0) is 23.8 Å². The maximum Gasteiger partial charge on any atom is 0.328 e. The summed E-state index contributed by atoms with van der Waals surface area (Å²) in [5.41, 5.74) is 2.91. The van der Waals surface area contributed by atoms with Crippen LogP contribution in [0.5, 0.6) is 0 Å². The van der Waals surface area contributed by atoms with Crippen LogP contribution in [0.2, 0.25) is 0 Å². The molecular weight excluding hydrogens is 464 g/mol. The van der Waals surface area contributed by atoms with Crippen LogP contribution in [0.3, 0.4) is 0 Å². The number of rotatable bonds is 2. The molecule has 1 saturated heterocycles. The van der Waals surface area contributed by atoms with E-state index in [9.17, 15) is 18.6 Å². The molecule has 0 bridgehead atoms. The number of imide groups is 1. The molecular formula is C26H24N4O4S. The van der Waals surface area contributed by atoms with Crippen LogP contribution < -0.4 is 10.6 Å². The predicted octanol–water partition coefficient (Wildman–Crippen LogP) is 4.11. The Balaban J connectivity index is 1.52. The van der Waals surface area contributed by atoms with Gasteiger partial charge < -0.3 is 0 Å². The van der Waals surface area contributed by atoms with E-state index < -0.39 is 21.5 Å². The number of fused-ring (bicyclic) bond motifs is 1. The largest absolute Gasteiger partial charge is 0.328 e. The zero-order valence-corrected chi connectivity index (χ0v) is 20.3. The van der Waals surface area contributed by atoms with Crippen molar-refractivity contribution >= 4 is 54.7 Å². The molecule has 1 aromatic heterocycles. The third-order valence-corrected chi connectivity index (χ3v) is 9.47. The van der Waals surface area contributed by atoms with Gasteiger partial charge >= 0.3 is 5.69 Å². The maximum absolute atomic E-state index is 13.6. The van der Waals surface area contributed by atoms with Gasteiger partial charge in [-0.15, -0.1) is 0 Å². The van der Waals surface area contributed by atoms with E-state index in [4.69, 9.17) is 0 Å². The molecule has 0 spiro atoms. The molecule has 2 aliphatic heterocycles. The zero-order chi connectivity index (χ0) is 24.5. The first-order valence-corrected chi connectivity index (χ1v) is 13.5. The summed E-state index contributed by atoms with van der Waals surface area (Å²) < 4.78 is 20.9. The number of aryl methyl sites for hydroxylation is 2. The van der Waals surface area contributed by atoms with Crippen LogP contribution in [0.25, 0.3) is 21.8 Å². The predicted molar refractivity (Wildman–Crippen MR) is 137 cm³/mol. The summed E-state index contributed by atoms with van der Waals surface area (Å²) in [4.78, 5) is 40.7. The van der Waals surface area contributed by atoms with E-state index in [-0.39, 0.29) is 5.69 Å². The lowest BCUT2D eigenvalue weighted by molar-refractivity contribution is 0.0893. The summed E-state index contributed by atoms with van der Waals surface area (Å²) in [6.07, 6.45) is 2.86. The summed E-state index contributed by atoms with van der Waals surface area (Å²) >= 11 is 0. The topological polar surface area (TPSA) is 93.7 Å². The van der Waals surface area contributed by atoms with Crippen molar-refractivity contribution in [2.24, 2.45) is 18.5 Å². The molecule has 9 heteroatoms. The second-order valence-electron chi connectivity index (χ2n) is 9.21. The smallest absolute Gasteiger partial charge is 0.295 e. The second kappa shape index (κ2) is 7.64. The molecule has 0 aliphatic carbocycles. The van der Waals surface area contributed by atoms with Gasteiger partial charge in [-0.25, -0.2) is 13.9 Å². The molecule has 4 aromatic rings. The SMILES string of the molecule is Cn1c(=O)n(C)c2cc(N3C(=O)c4cccc5c(N=S6(=O)CCCCC6)ccc(c45)C3=O)ccc21. The van der Waals surface area contributed by atoms with Crippen molar-refractivity contribution in [1.82, 2.24) is 9.13 Å². The lowest BCUT2D eigenvalue weighted by Gasteiger charge is -2.27. The maximum atomic E-state index is 13.6. The molecule has 0 atom stereocenters. The van der Waals surface area contributed by atoms with E-state index in [0.717, 1.165) is 24.2 Å². The van der Waals surface area contributed by atoms with E-state index >= 15 is 0 Å². The summed E-state index contributed by atoms with van der Waals surface area (Å²) in [6, 6.07) is 13.8. The molecule has 0 unspecified atom stereocenters. The Hall–Kier alpha value is -3.72. The first-order valence-electron chi connectivity index (χ1n) is 11.6. The number of nitrogens with zero attached hydrogens (tertiary/aromatic N) is 4. The van der Waals surface area contributed by atoms with E-state index in [1.807, 2.05) is 6.07 Å². The number of hydrogen-bond donors (Lipinski definition) is 0. The van der Waals surface area contributed by atoms with E-state index in [2.05, 4.69) is 4.36 Å². The fraction of sp³-hybridized carbons (Fsp3) is 0.269. The van der Waals surface area contributed by atoms with E-state index in [1.165, 1.54) is 9.13 Å². The van der Waals surface area contributed by atoms with Crippen molar-refractivity contribution in [2.45, 2.75) is 19.3 Å². The van der Waals surface area contributed by atoms with Crippen molar-refractivity contribution in [2.75, 3.05) is 16.4 Å². The van der Waals surface area contributed by atoms with Gasteiger partial charge in [-0.3, -0.25) is 18.7 Å². The number of hydrogen-bond acceptors (Lipinski definition) is 5. The molecule has 0 N–H and O–H groups in total. The minimum absolute atomic E-state index is 0.184. The molecule has 3 aromatic carbocycles. The molecule has 0 saturated carbocycles. The number of amides is 2. The Labute approximate surface area is 201 Å². The summed E-state index contributed by atoms with van der Waals surface area (Å²) in [5, 5.41) is 1.21. The van der Waals surface area contributed by atoms with Gasteiger partial charge in [0.25, 0.3) is 11.8 Å². The lowest BCUT2D eigenvalue weighted by Crippen LogP contribution is -2.40. The highest BCUT2D eigenvalue weighted by atomic mass is 32.2. The van der Waals surface area contributed by atoms with E-state index in [1.54, 1.807) is 56.6 Å². The lowest BCUT2D eigenvalue weighted by atomic mass is 9.93. The number of benzene rings is 3. The fourth-order valence-electron chi connectivity index (χ4n) is 5.23. The number of anilines is 1. The van der Waals surface area contributed by atoms with Gasteiger partial charge in [-0.2, -0.15) is 4.36 Å². The molecule has 8 nitrogen and oxygen atoms in total. The van der Waals surface area contributed by atoms with Crippen molar-refractivity contribution in [1.29, 1.82) is 0 Å². The van der Waals surface area contributed by atoms with Crippen molar-refractivity contribution in [3.8, 4) is 0 Å². The van der Waals surface area contributed by atoms with Gasteiger partial charge in [0, 0.05) is 47.5 Å². The Morgan fingerprint density at radius 1 is 0.800 bits per heavy atom.